The molecule has 3 amide bonds. The van der Waals surface area contributed by atoms with Gasteiger partial charge in [0.05, 0.1) is 11.9 Å². The molecule has 1 aliphatic heterocycles. The average molecular weight is 351 g/mol. The van der Waals surface area contributed by atoms with E-state index in [1.165, 1.54) is 30.4 Å². The van der Waals surface area contributed by atoms with Crippen molar-refractivity contribution >= 4 is 29.5 Å². The molecule has 2 N–H and O–H groups in total. The maximum atomic E-state index is 12.3. The molecule has 9 heteroatoms. The van der Waals surface area contributed by atoms with Crippen LogP contribution in [0.5, 0.6) is 0 Å². The molecule has 0 aromatic carbocycles. The smallest absolute Gasteiger partial charge is 0.271 e. The second kappa shape index (κ2) is 8.62. The van der Waals surface area contributed by atoms with E-state index >= 15 is 0 Å². The second-order valence-corrected chi connectivity index (χ2v) is 6.25. The lowest BCUT2D eigenvalue weighted by Crippen LogP contribution is -2.46. The summed E-state index contributed by atoms with van der Waals surface area (Å²) in [5.74, 6) is -0.346. The number of hydrogen-bond donors (Lipinski definition) is 2. The average Bonchev–Trinajstić information content (AvgIpc) is 3.00. The van der Waals surface area contributed by atoms with Crippen molar-refractivity contribution in [1.29, 1.82) is 0 Å². The van der Waals surface area contributed by atoms with E-state index in [0.29, 0.717) is 25.3 Å². The Hall–Kier alpha value is -2.16. The first-order valence-electron chi connectivity index (χ1n) is 7.69. The van der Waals surface area contributed by atoms with Crippen LogP contribution in [-0.2, 0) is 9.59 Å². The van der Waals surface area contributed by atoms with Crippen LogP contribution < -0.4 is 10.6 Å². The Morgan fingerprint density at radius 2 is 2.17 bits per heavy atom. The zero-order chi connectivity index (χ0) is 17.5. The van der Waals surface area contributed by atoms with Gasteiger partial charge in [-0.15, -0.1) is 0 Å². The summed E-state index contributed by atoms with van der Waals surface area (Å²) in [5, 5.41) is 5.57. The summed E-state index contributed by atoms with van der Waals surface area (Å²) >= 11 is 1.41. The van der Waals surface area contributed by atoms with Gasteiger partial charge in [-0.2, -0.15) is 11.8 Å². The number of nitrogens with one attached hydrogen (secondary N) is 2. The first-order chi connectivity index (χ1) is 11.6. The minimum Gasteiger partial charge on any atom is -0.355 e. The number of thioether (sulfide) groups is 1. The Kier molecular flexibility index (Phi) is 6.53. The van der Waals surface area contributed by atoms with Crippen LogP contribution in [-0.4, -0.2) is 69.8 Å². The molecule has 0 aliphatic carbocycles. The molecule has 0 saturated carbocycles. The zero-order valence-corrected chi connectivity index (χ0v) is 14.5. The van der Waals surface area contributed by atoms with Crippen LogP contribution in [0.4, 0.5) is 0 Å². The topological polar surface area (TPSA) is 104 Å². The highest BCUT2D eigenvalue weighted by Gasteiger charge is 2.39. The van der Waals surface area contributed by atoms with Gasteiger partial charge in [0.15, 0.2) is 0 Å². The van der Waals surface area contributed by atoms with Crippen LogP contribution in [0.1, 0.15) is 23.8 Å². The summed E-state index contributed by atoms with van der Waals surface area (Å²) in [4.78, 5) is 46.0. The van der Waals surface area contributed by atoms with Gasteiger partial charge < -0.3 is 15.5 Å². The maximum Gasteiger partial charge on any atom is 0.271 e. The Bertz CT molecular complexity index is 572. The van der Waals surface area contributed by atoms with Gasteiger partial charge in [-0.1, -0.05) is 0 Å². The van der Waals surface area contributed by atoms with E-state index in [1.54, 1.807) is 4.90 Å². The third kappa shape index (κ3) is 4.44. The lowest BCUT2D eigenvalue weighted by atomic mass is 10.1. The van der Waals surface area contributed by atoms with E-state index in [0.717, 1.165) is 0 Å². The summed E-state index contributed by atoms with van der Waals surface area (Å²) in [7, 11) is 0. The van der Waals surface area contributed by atoms with Gasteiger partial charge >= 0.3 is 0 Å². The third-order valence-corrected chi connectivity index (χ3v) is 4.21. The minimum atomic E-state index is -0.559. The van der Waals surface area contributed by atoms with Gasteiger partial charge in [-0.25, -0.2) is 4.98 Å². The highest BCUT2D eigenvalue weighted by molar-refractivity contribution is 7.99. The molecule has 0 unspecified atom stereocenters. The van der Waals surface area contributed by atoms with E-state index < -0.39 is 6.04 Å². The third-order valence-electron chi connectivity index (χ3n) is 3.67. The number of likely N-dealkylation sites (N-methyl/N-ethyl adjacent to an activating group) is 1. The molecule has 1 fully saturated rings. The second-order valence-electron chi connectivity index (χ2n) is 5.39. The SMILES string of the molecule is CCNC(=O)[C@@H]1C[C@@H](NC(=O)c2cnccn2)CN1C(=O)CSC. The van der Waals surface area contributed by atoms with Gasteiger partial charge in [0.1, 0.15) is 11.7 Å². The maximum absolute atomic E-state index is 12.3. The lowest BCUT2D eigenvalue weighted by molar-refractivity contribution is -0.136. The number of nitrogens with zero attached hydrogens (tertiary/aromatic N) is 3. The Morgan fingerprint density at radius 3 is 2.79 bits per heavy atom. The highest BCUT2D eigenvalue weighted by atomic mass is 32.2. The number of amides is 3. The van der Waals surface area contributed by atoms with Crippen LogP contribution in [0.2, 0.25) is 0 Å². The van der Waals surface area contributed by atoms with Crippen molar-refractivity contribution in [1.82, 2.24) is 25.5 Å². The van der Waals surface area contributed by atoms with E-state index in [4.69, 9.17) is 0 Å². The predicted molar refractivity (Wildman–Crippen MR) is 90.5 cm³/mol. The summed E-state index contributed by atoms with van der Waals surface area (Å²) in [5.41, 5.74) is 0.209. The summed E-state index contributed by atoms with van der Waals surface area (Å²) in [6, 6.07) is -0.852. The van der Waals surface area contributed by atoms with Crippen LogP contribution in [0, 0.1) is 0 Å². The van der Waals surface area contributed by atoms with Gasteiger partial charge in [-0.05, 0) is 19.6 Å². The van der Waals surface area contributed by atoms with E-state index in [9.17, 15) is 14.4 Å². The van der Waals surface area contributed by atoms with E-state index in [1.807, 2.05) is 13.2 Å². The molecule has 0 radical (unpaired) electrons. The summed E-state index contributed by atoms with van der Waals surface area (Å²) in [6.07, 6.45) is 6.53. The van der Waals surface area contributed by atoms with Crippen LogP contribution >= 0.6 is 11.8 Å². The van der Waals surface area contributed by atoms with Crippen LogP contribution in [0.15, 0.2) is 18.6 Å². The molecular weight excluding hydrogens is 330 g/mol. The fraction of sp³-hybridized carbons (Fsp3) is 0.533. The Labute approximate surface area is 144 Å². The first kappa shape index (κ1) is 18.2. The number of carbonyl (C=O) groups excluding carboxylic acids is 3. The van der Waals surface area contributed by atoms with E-state index in [2.05, 4.69) is 20.6 Å². The van der Waals surface area contributed by atoms with Crippen LogP contribution in [0.3, 0.4) is 0 Å². The summed E-state index contributed by atoms with van der Waals surface area (Å²) < 4.78 is 0. The largest absolute Gasteiger partial charge is 0.355 e. The van der Waals surface area contributed by atoms with Crippen molar-refractivity contribution in [3.8, 4) is 0 Å². The minimum absolute atomic E-state index is 0.102. The van der Waals surface area contributed by atoms with Crippen LogP contribution in [0.25, 0.3) is 0 Å². The predicted octanol–water partition coefficient (Wildman–Crippen LogP) is -0.325. The van der Waals surface area contributed by atoms with Gasteiger partial charge in [0, 0.05) is 31.5 Å². The van der Waals surface area contributed by atoms with Gasteiger partial charge in [-0.3, -0.25) is 19.4 Å². The zero-order valence-electron chi connectivity index (χ0n) is 13.7. The van der Waals surface area contributed by atoms with Crippen molar-refractivity contribution < 1.29 is 14.4 Å². The fourth-order valence-electron chi connectivity index (χ4n) is 2.64. The van der Waals surface area contributed by atoms with Crippen molar-refractivity contribution in [2.24, 2.45) is 0 Å². The molecule has 1 aromatic rings. The number of carbonyl (C=O) groups is 3. The molecule has 1 aliphatic rings. The number of hydrogen-bond acceptors (Lipinski definition) is 6. The van der Waals surface area contributed by atoms with Crippen molar-refractivity contribution in [2.75, 3.05) is 25.1 Å². The molecule has 0 spiro atoms. The van der Waals surface area contributed by atoms with Gasteiger partial charge in [0.2, 0.25) is 11.8 Å². The summed E-state index contributed by atoms with van der Waals surface area (Å²) in [6.45, 7) is 2.64. The van der Waals surface area contributed by atoms with Crippen molar-refractivity contribution in [3.63, 3.8) is 0 Å². The number of aromatic nitrogens is 2. The number of likely N-dealkylation sites (tertiary alicyclic amines) is 1. The molecule has 1 saturated heterocycles. The first-order valence-corrected chi connectivity index (χ1v) is 9.09. The van der Waals surface area contributed by atoms with Gasteiger partial charge in [0.25, 0.3) is 5.91 Å². The Balaban J connectivity index is 2.06. The van der Waals surface area contributed by atoms with Crippen molar-refractivity contribution in [2.45, 2.75) is 25.4 Å². The molecule has 24 heavy (non-hydrogen) atoms. The molecule has 8 nitrogen and oxygen atoms in total. The molecular formula is C15H21N5O3S. The fourth-order valence-corrected chi connectivity index (χ4v) is 3.05. The lowest BCUT2D eigenvalue weighted by Gasteiger charge is -2.23. The molecule has 2 heterocycles. The molecule has 130 valence electrons. The Morgan fingerprint density at radius 1 is 1.38 bits per heavy atom. The van der Waals surface area contributed by atoms with Crippen molar-refractivity contribution in [3.05, 3.63) is 24.3 Å². The molecule has 0 bridgehead atoms. The molecule has 1 aromatic heterocycles. The van der Waals surface area contributed by atoms with E-state index in [-0.39, 0.29) is 29.5 Å². The standard InChI is InChI=1S/C15H21N5O3S/c1-3-17-15(23)12-6-10(8-20(12)13(21)9-24-2)19-14(22)11-7-16-4-5-18-11/h4-5,7,10,12H,3,6,8-9H2,1-2H3,(H,17,23)(H,19,22)/t10-,12+/m1/s1. The molecule has 2 atom stereocenters. The molecule has 2 rings (SSSR count). The number of rotatable bonds is 6. The quantitative estimate of drug-likeness (QED) is 0.728. The normalized spacial score (nSPS) is 19.8. The highest BCUT2D eigenvalue weighted by Crippen LogP contribution is 2.20. The monoisotopic (exact) mass is 351 g/mol.